The lowest BCUT2D eigenvalue weighted by Gasteiger charge is -2.36. The molecule has 1 saturated heterocycles. The van der Waals surface area contributed by atoms with Crippen LogP contribution in [0.5, 0.6) is 0 Å². The first-order valence-electron chi connectivity index (χ1n) is 10.8. The second-order valence-electron chi connectivity index (χ2n) is 7.98. The lowest BCUT2D eigenvalue weighted by Crippen LogP contribution is -2.45. The van der Waals surface area contributed by atoms with Crippen LogP contribution in [0.1, 0.15) is 16.1 Å². The van der Waals surface area contributed by atoms with Gasteiger partial charge >= 0.3 is 0 Å². The van der Waals surface area contributed by atoms with Gasteiger partial charge in [-0.15, -0.1) is 0 Å². The standard InChI is InChI=1S/C25H28N4O3/c1-27(25(31)23-8-5-17-32-23)19-24(30)26-21-9-11-22(12-10-21)29-15-13-28(14-16-29)18-20-6-3-2-4-7-20/h2-12,17H,13-16,18-19H2,1H3,(H,26,30). The first-order valence-corrected chi connectivity index (χ1v) is 10.8. The lowest BCUT2D eigenvalue weighted by atomic mass is 10.2. The van der Waals surface area contributed by atoms with E-state index in [0.29, 0.717) is 5.69 Å². The van der Waals surface area contributed by atoms with Gasteiger partial charge in [-0.05, 0) is 42.0 Å². The zero-order valence-electron chi connectivity index (χ0n) is 18.2. The Morgan fingerprint density at radius 1 is 0.938 bits per heavy atom. The summed E-state index contributed by atoms with van der Waals surface area (Å²) >= 11 is 0. The number of amides is 2. The first kappa shape index (κ1) is 21.6. The third-order valence-corrected chi connectivity index (χ3v) is 5.60. The smallest absolute Gasteiger partial charge is 0.289 e. The molecule has 0 bridgehead atoms. The second kappa shape index (κ2) is 10.2. The number of piperazine rings is 1. The van der Waals surface area contributed by atoms with E-state index in [1.807, 2.05) is 30.3 Å². The maximum absolute atomic E-state index is 12.3. The molecule has 7 nitrogen and oxygen atoms in total. The SMILES string of the molecule is CN(CC(=O)Nc1ccc(N2CCN(Cc3ccccc3)CC2)cc1)C(=O)c1ccco1. The molecule has 0 aliphatic carbocycles. The minimum Gasteiger partial charge on any atom is -0.459 e. The average molecular weight is 433 g/mol. The van der Waals surface area contributed by atoms with Crippen molar-refractivity contribution in [2.24, 2.45) is 0 Å². The van der Waals surface area contributed by atoms with Crippen molar-refractivity contribution in [2.45, 2.75) is 6.54 Å². The van der Waals surface area contributed by atoms with Crippen molar-refractivity contribution in [1.29, 1.82) is 0 Å². The van der Waals surface area contributed by atoms with E-state index in [0.717, 1.165) is 38.4 Å². The van der Waals surface area contributed by atoms with Crippen LogP contribution in [0.15, 0.2) is 77.4 Å². The molecule has 1 N–H and O–H groups in total. The van der Waals surface area contributed by atoms with Gasteiger partial charge in [0.25, 0.3) is 5.91 Å². The summed E-state index contributed by atoms with van der Waals surface area (Å²) in [5, 5.41) is 2.85. The summed E-state index contributed by atoms with van der Waals surface area (Å²) < 4.78 is 5.09. The van der Waals surface area contributed by atoms with Gasteiger partial charge in [0, 0.05) is 51.1 Å². The molecule has 1 aromatic heterocycles. The number of likely N-dealkylation sites (N-methyl/N-ethyl adjacent to an activating group) is 1. The Hall–Kier alpha value is -3.58. The zero-order valence-corrected chi connectivity index (χ0v) is 18.2. The highest BCUT2D eigenvalue weighted by Crippen LogP contribution is 2.20. The van der Waals surface area contributed by atoms with Gasteiger partial charge in [-0.1, -0.05) is 30.3 Å². The molecule has 0 saturated carbocycles. The van der Waals surface area contributed by atoms with Gasteiger partial charge in [0.1, 0.15) is 0 Å². The van der Waals surface area contributed by atoms with Crippen molar-refractivity contribution in [3.05, 3.63) is 84.3 Å². The summed E-state index contributed by atoms with van der Waals surface area (Å²) in [6.07, 6.45) is 1.44. The van der Waals surface area contributed by atoms with E-state index in [2.05, 4.69) is 39.4 Å². The summed E-state index contributed by atoms with van der Waals surface area (Å²) in [7, 11) is 1.57. The monoisotopic (exact) mass is 432 g/mol. The van der Waals surface area contributed by atoms with Crippen LogP contribution in [0.3, 0.4) is 0 Å². The predicted molar refractivity (Wildman–Crippen MR) is 125 cm³/mol. The van der Waals surface area contributed by atoms with Crippen LogP contribution >= 0.6 is 0 Å². The molecule has 32 heavy (non-hydrogen) atoms. The molecular formula is C25H28N4O3. The van der Waals surface area contributed by atoms with E-state index in [1.54, 1.807) is 19.2 Å². The van der Waals surface area contributed by atoms with E-state index >= 15 is 0 Å². The quantitative estimate of drug-likeness (QED) is 0.620. The van der Waals surface area contributed by atoms with Crippen molar-refractivity contribution in [2.75, 3.05) is 50.0 Å². The summed E-state index contributed by atoms with van der Waals surface area (Å²) in [6, 6.07) is 21.6. The number of hydrogen-bond acceptors (Lipinski definition) is 5. The van der Waals surface area contributed by atoms with Gasteiger partial charge in [0.15, 0.2) is 5.76 Å². The predicted octanol–water partition coefficient (Wildman–Crippen LogP) is 3.31. The Kier molecular flexibility index (Phi) is 6.87. The number of anilines is 2. The summed E-state index contributed by atoms with van der Waals surface area (Å²) in [6.45, 7) is 4.91. The molecule has 0 unspecified atom stereocenters. The lowest BCUT2D eigenvalue weighted by molar-refractivity contribution is -0.116. The van der Waals surface area contributed by atoms with Crippen LogP contribution in [-0.4, -0.2) is 61.4 Å². The normalized spacial score (nSPS) is 14.2. The molecule has 0 spiro atoms. The van der Waals surface area contributed by atoms with Gasteiger partial charge in [-0.25, -0.2) is 0 Å². The first-order chi connectivity index (χ1) is 15.6. The molecular weight excluding hydrogens is 404 g/mol. The van der Waals surface area contributed by atoms with Crippen LogP contribution in [0.2, 0.25) is 0 Å². The Bertz CT molecular complexity index is 1010. The number of rotatable bonds is 7. The summed E-state index contributed by atoms with van der Waals surface area (Å²) in [5.41, 5.74) is 3.20. The van der Waals surface area contributed by atoms with Gasteiger partial charge in [0.05, 0.1) is 12.8 Å². The molecule has 3 aromatic rings. The third kappa shape index (κ3) is 5.56. The molecule has 0 radical (unpaired) electrons. The molecule has 7 heteroatoms. The minimum atomic E-state index is -0.327. The van der Waals surface area contributed by atoms with E-state index in [4.69, 9.17) is 4.42 Å². The van der Waals surface area contributed by atoms with Crippen molar-refractivity contribution in [1.82, 2.24) is 9.80 Å². The minimum absolute atomic E-state index is 0.0509. The fourth-order valence-corrected chi connectivity index (χ4v) is 3.84. The van der Waals surface area contributed by atoms with Crippen LogP contribution in [0, 0.1) is 0 Å². The van der Waals surface area contributed by atoms with E-state index in [9.17, 15) is 9.59 Å². The van der Waals surface area contributed by atoms with E-state index in [-0.39, 0.29) is 24.1 Å². The number of furan rings is 1. The molecule has 2 amide bonds. The highest BCUT2D eigenvalue weighted by molar-refractivity contribution is 5.98. The fourth-order valence-electron chi connectivity index (χ4n) is 3.84. The maximum atomic E-state index is 12.3. The van der Waals surface area contributed by atoms with Crippen LogP contribution in [0.25, 0.3) is 0 Å². The molecule has 1 aliphatic rings. The molecule has 2 heterocycles. The van der Waals surface area contributed by atoms with E-state index in [1.165, 1.54) is 16.7 Å². The molecule has 0 atom stereocenters. The number of carbonyl (C=O) groups excluding carboxylic acids is 2. The number of nitrogens with zero attached hydrogens (tertiary/aromatic N) is 3. The number of benzene rings is 2. The van der Waals surface area contributed by atoms with Crippen molar-refractivity contribution in [3.8, 4) is 0 Å². The highest BCUT2D eigenvalue weighted by Gasteiger charge is 2.19. The van der Waals surface area contributed by atoms with Gasteiger partial charge in [-0.3, -0.25) is 14.5 Å². The highest BCUT2D eigenvalue weighted by atomic mass is 16.3. The molecule has 1 fully saturated rings. The number of nitrogens with one attached hydrogen (secondary N) is 1. The Balaban J connectivity index is 1.24. The van der Waals surface area contributed by atoms with E-state index < -0.39 is 0 Å². The van der Waals surface area contributed by atoms with Crippen LogP contribution < -0.4 is 10.2 Å². The second-order valence-corrected chi connectivity index (χ2v) is 7.98. The summed E-state index contributed by atoms with van der Waals surface area (Å²) in [4.78, 5) is 30.7. The van der Waals surface area contributed by atoms with Gasteiger partial charge in [-0.2, -0.15) is 0 Å². The Morgan fingerprint density at radius 2 is 1.66 bits per heavy atom. The molecule has 4 rings (SSSR count). The fraction of sp³-hybridized carbons (Fsp3) is 0.280. The van der Waals surface area contributed by atoms with Crippen molar-refractivity contribution >= 4 is 23.2 Å². The molecule has 166 valence electrons. The van der Waals surface area contributed by atoms with Crippen molar-refractivity contribution < 1.29 is 14.0 Å². The third-order valence-electron chi connectivity index (χ3n) is 5.60. The Labute approximate surface area is 188 Å². The topological polar surface area (TPSA) is 69.0 Å². The number of carbonyl (C=O) groups is 2. The maximum Gasteiger partial charge on any atom is 0.289 e. The van der Waals surface area contributed by atoms with Crippen LogP contribution in [0.4, 0.5) is 11.4 Å². The van der Waals surface area contributed by atoms with Gasteiger partial charge < -0.3 is 19.5 Å². The number of hydrogen-bond donors (Lipinski definition) is 1. The summed E-state index contributed by atoms with van der Waals surface area (Å²) in [5.74, 6) is -0.366. The zero-order chi connectivity index (χ0) is 22.3. The average Bonchev–Trinajstić information content (AvgIpc) is 3.35. The van der Waals surface area contributed by atoms with Crippen molar-refractivity contribution in [3.63, 3.8) is 0 Å². The van der Waals surface area contributed by atoms with Crippen LogP contribution in [-0.2, 0) is 11.3 Å². The molecule has 1 aliphatic heterocycles. The Morgan fingerprint density at radius 3 is 2.31 bits per heavy atom. The molecule has 2 aromatic carbocycles. The van der Waals surface area contributed by atoms with Gasteiger partial charge in [0.2, 0.25) is 5.91 Å². The largest absolute Gasteiger partial charge is 0.459 e.